The first-order chi connectivity index (χ1) is 12.1. The number of non-ortho nitro benzene ring substituents is 1. The van der Waals surface area contributed by atoms with E-state index in [9.17, 15) is 31.7 Å². The van der Waals surface area contributed by atoms with Crippen LogP contribution in [-0.2, 0) is 16.2 Å². The number of hydrogen-bond donors (Lipinski definition) is 1. The Kier molecular flexibility index (Phi) is 6.25. The van der Waals surface area contributed by atoms with E-state index in [0.29, 0.717) is 38.4 Å². The number of nitrogens with one attached hydrogen (secondary N) is 1. The molecule has 11 heteroatoms. The van der Waals surface area contributed by atoms with Crippen LogP contribution in [0.4, 0.5) is 18.9 Å². The third-order valence-electron chi connectivity index (χ3n) is 4.23. The van der Waals surface area contributed by atoms with Crippen molar-refractivity contribution in [1.29, 1.82) is 0 Å². The van der Waals surface area contributed by atoms with Crippen molar-refractivity contribution in [1.82, 2.24) is 9.62 Å². The molecule has 1 heterocycles. The van der Waals surface area contributed by atoms with E-state index >= 15 is 0 Å². The van der Waals surface area contributed by atoms with E-state index in [1.807, 2.05) is 0 Å². The van der Waals surface area contributed by atoms with Gasteiger partial charge in [0.15, 0.2) is 0 Å². The molecule has 0 spiro atoms. The number of nitrogens with zero attached hydrogens (tertiary/aromatic N) is 2. The van der Waals surface area contributed by atoms with Gasteiger partial charge in [0.05, 0.1) is 15.4 Å². The van der Waals surface area contributed by atoms with Gasteiger partial charge in [0.25, 0.3) is 5.69 Å². The second-order valence-corrected chi connectivity index (χ2v) is 7.89. The Labute approximate surface area is 149 Å². The summed E-state index contributed by atoms with van der Waals surface area (Å²) >= 11 is 0. The van der Waals surface area contributed by atoms with Gasteiger partial charge in [-0.2, -0.15) is 17.5 Å². The Bertz CT molecular complexity index is 762. The maximum atomic E-state index is 13.4. The number of rotatable bonds is 6. The molecule has 0 atom stereocenters. The molecule has 0 amide bonds. The van der Waals surface area contributed by atoms with Crippen LogP contribution in [0.1, 0.15) is 31.7 Å². The largest absolute Gasteiger partial charge is 0.417 e. The molecule has 0 aromatic heterocycles. The molecule has 1 saturated heterocycles. The standard InChI is InChI=1S/C15H20F3N3O4S/c1-2-9-20(11-5-7-19-8-6-11)26(24,25)14-4-3-12(21(22)23)10-13(14)15(16,17)18/h3-4,10-11,19H,2,5-9H2,1H3. The van der Waals surface area contributed by atoms with Crippen molar-refractivity contribution in [2.45, 2.75) is 43.3 Å². The van der Waals surface area contributed by atoms with Crippen molar-refractivity contribution < 1.29 is 26.5 Å². The minimum absolute atomic E-state index is 0.0846. The lowest BCUT2D eigenvalue weighted by Gasteiger charge is -2.34. The van der Waals surface area contributed by atoms with Crippen LogP contribution in [0.3, 0.4) is 0 Å². The highest BCUT2D eigenvalue weighted by Crippen LogP contribution is 2.38. The summed E-state index contributed by atoms with van der Waals surface area (Å²) in [6.07, 6.45) is -3.60. The number of nitro groups is 1. The van der Waals surface area contributed by atoms with Crippen LogP contribution >= 0.6 is 0 Å². The zero-order valence-electron chi connectivity index (χ0n) is 14.1. The smallest absolute Gasteiger partial charge is 0.317 e. The van der Waals surface area contributed by atoms with Crippen LogP contribution in [0.25, 0.3) is 0 Å². The molecule has 1 aliphatic heterocycles. The second kappa shape index (κ2) is 7.89. The van der Waals surface area contributed by atoms with Crippen LogP contribution in [0.15, 0.2) is 23.1 Å². The van der Waals surface area contributed by atoms with Crippen molar-refractivity contribution in [3.63, 3.8) is 0 Å². The monoisotopic (exact) mass is 395 g/mol. The van der Waals surface area contributed by atoms with E-state index in [2.05, 4.69) is 5.32 Å². The van der Waals surface area contributed by atoms with Crippen molar-refractivity contribution >= 4 is 15.7 Å². The van der Waals surface area contributed by atoms with Gasteiger partial charge in [-0.05, 0) is 38.4 Å². The Morgan fingerprint density at radius 1 is 1.31 bits per heavy atom. The fraction of sp³-hybridized carbons (Fsp3) is 0.600. The Morgan fingerprint density at radius 2 is 1.92 bits per heavy atom. The number of piperidine rings is 1. The highest BCUT2D eigenvalue weighted by atomic mass is 32.2. The highest BCUT2D eigenvalue weighted by Gasteiger charge is 2.42. The molecular formula is C15H20F3N3O4S. The molecule has 0 radical (unpaired) electrons. The number of hydrogen-bond acceptors (Lipinski definition) is 5. The van der Waals surface area contributed by atoms with E-state index in [4.69, 9.17) is 0 Å². The summed E-state index contributed by atoms with van der Waals surface area (Å²) in [5, 5.41) is 13.9. The zero-order valence-corrected chi connectivity index (χ0v) is 14.9. The van der Waals surface area contributed by atoms with Gasteiger partial charge in [-0.25, -0.2) is 8.42 Å². The summed E-state index contributed by atoms with van der Waals surface area (Å²) in [6, 6.07) is 1.34. The minimum Gasteiger partial charge on any atom is -0.317 e. The van der Waals surface area contributed by atoms with E-state index in [1.54, 1.807) is 6.92 Å². The lowest BCUT2D eigenvalue weighted by atomic mass is 10.1. The van der Waals surface area contributed by atoms with Crippen LogP contribution in [0.2, 0.25) is 0 Å². The summed E-state index contributed by atoms with van der Waals surface area (Å²) in [7, 11) is -4.46. The molecule has 7 nitrogen and oxygen atoms in total. The number of alkyl halides is 3. The first-order valence-corrected chi connectivity index (χ1v) is 9.61. The summed E-state index contributed by atoms with van der Waals surface area (Å²) in [5.74, 6) is 0. The highest BCUT2D eigenvalue weighted by molar-refractivity contribution is 7.89. The van der Waals surface area contributed by atoms with E-state index in [-0.39, 0.29) is 12.6 Å². The number of halogens is 3. The Hall–Kier alpha value is -1.72. The fourth-order valence-corrected chi connectivity index (χ4v) is 4.99. The molecular weight excluding hydrogens is 375 g/mol. The number of benzene rings is 1. The molecule has 1 aromatic carbocycles. The summed E-state index contributed by atoms with van der Waals surface area (Å²) < 4.78 is 67.3. The van der Waals surface area contributed by atoms with Gasteiger partial charge in [-0.15, -0.1) is 0 Å². The molecule has 0 bridgehead atoms. The van der Waals surface area contributed by atoms with Gasteiger partial charge in [-0.1, -0.05) is 6.92 Å². The zero-order chi connectivity index (χ0) is 19.5. The minimum atomic E-state index is -5.03. The predicted molar refractivity (Wildman–Crippen MR) is 88.2 cm³/mol. The Morgan fingerprint density at radius 3 is 2.42 bits per heavy atom. The summed E-state index contributed by atoms with van der Waals surface area (Å²) in [6.45, 7) is 2.98. The third-order valence-corrected chi connectivity index (χ3v) is 6.24. The van der Waals surface area contributed by atoms with Gasteiger partial charge in [-0.3, -0.25) is 10.1 Å². The quantitative estimate of drug-likeness (QED) is 0.591. The number of sulfonamides is 1. The van der Waals surface area contributed by atoms with Crippen molar-refractivity contribution in [2.24, 2.45) is 0 Å². The van der Waals surface area contributed by atoms with E-state index in [1.165, 1.54) is 0 Å². The molecule has 0 saturated carbocycles. The Balaban J connectivity index is 2.56. The first-order valence-electron chi connectivity index (χ1n) is 8.17. The molecule has 1 aromatic rings. The SMILES string of the molecule is CCCN(C1CCNCC1)S(=O)(=O)c1ccc([N+](=O)[O-])cc1C(F)(F)F. The van der Waals surface area contributed by atoms with Crippen molar-refractivity contribution in [3.05, 3.63) is 33.9 Å². The normalized spacial score (nSPS) is 16.8. The van der Waals surface area contributed by atoms with Gasteiger partial charge >= 0.3 is 6.18 Å². The van der Waals surface area contributed by atoms with Gasteiger partial charge in [0.1, 0.15) is 0 Å². The topological polar surface area (TPSA) is 92.6 Å². The maximum Gasteiger partial charge on any atom is 0.417 e. The predicted octanol–water partition coefficient (Wildman–Crippen LogP) is 2.77. The van der Waals surface area contributed by atoms with Crippen LogP contribution in [-0.4, -0.2) is 43.3 Å². The van der Waals surface area contributed by atoms with Gasteiger partial charge < -0.3 is 5.32 Å². The second-order valence-electron chi connectivity index (χ2n) is 6.03. The molecule has 26 heavy (non-hydrogen) atoms. The maximum absolute atomic E-state index is 13.4. The molecule has 1 fully saturated rings. The molecule has 0 unspecified atom stereocenters. The van der Waals surface area contributed by atoms with Gasteiger partial charge in [0.2, 0.25) is 10.0 Å². The van der Waals surface area contributed by atoms with Crippen LogP contribution in [0.5, 0.6) is 0 Å². The molecule has 1 aliphatic rings. The van der Waals surface area contributed by atoms with E-state index in [0.717, 1.165) is 10.4 Å². The van der Waals surface area contributed by atoms with Crippen molar-refractivity contribution in [3.8, 4) is 0 Å². The molecule has 0 aliphatic carbocycles. The van der Waals surface area contributed by atoms with Crippen LogP contribution < -0.4 is 5.32 Å². The molecule has 1 N–H and O–H groups in total. The number of nitro benzene ring substituents is 1. The lowest BCUT2D eigenvalue weighted by Crippen LogP contribution is -2.46. The van der Waals surface area contributed by atoms with Gasteiger partial charge in [0, 0.05) is 24.7 Å². The molecule has 146 valence electrons. The summed E-state index contributed by atoms with van der Waals surface area (Å²) in [4.78, 5) is 8.87. The third kappa shape index (κ3) is 4.33. The fourth-order valence-electron chi connectivity index (χ4n) is 3.02. The average Bonchev–Trinajstić information content (AvgIpc) is 2.59. The van der Waals surface area contributed by atoms with Crippen molar-refractivity contribution in [2.75, 3.05) is 19.6 Å². The van der Waals surface area contributed by atoms with E-state index < -0.39 is 43.3 Å². The summed E-state index contributed by atoms with van der Waals surface area (Å²) in [5.41, 5.74) is -2.32. The van der Waals surface area contributed by atoms with Crippen LogP contribution in [0, 0.1) is 10.1 Å². The first kappa shape index (κ1) is 20.6. The average molecular weight is 395 g/mol. The molecule has 2 rings (SSSR count). The lowest BCUT2D eigenvalue weighted by molar-refractivity contribution is -0.385.